The zero-order valence-corrected chi connectivity index (χ0v) is 5.30. The quantitative estimate of drug-likeness (QED) is 0.283. The lowest BCUT2D eigenvalue weighted by molar-refractivity contribution is 0.261. The van der Waals surface area contributed by atoms with Crippen LogP contribution < -0.4 is 5.73 Å². The van der Waals surface area contributed by atoms with Gasteiger partial charge < -0.3 is 10.3 Å². The van der Waals surface area contributed by atoms with E-state index in [-0.39, 0.29) is 0 Å². The van der Waals surface area contributed by atoms with Crippen LogP contribution in [0.4, 0.5) is 0 Å². The van der Waals surface area contributed by atoms with Crippen LogP contribution in [0.3, 0.4) is 0 Å². The van der Waals surface area contributed by atoms with Gasteiger partial charge in [-0.25, -0.2) is 8.42 Å². The summed E-state index contributed by atoms with van der Waals surface area (Å²) in [5.74, 6) is -0.936. The molecule has 5 nitrogen and oxygen atoms in total. The molecule has 0 aliphatic carbocycles. The van der Waals surface area contributed by atoms with Gasteiger partial charge in [-0.15, -0.1) is 0 Å². The lowest BCUT2D eigenvalue weighted by Crippen LogP contribution is -2.27. The first-order valence-electron chi connectivity index (χ1n) is 2.03. The summed E-state index contributed by atoms with van der Waals surface area (Å²) < 4.78 is 32.6. The lowest BCUT2D eigenvalue weighted by Gasteiger charge is -2.08. The SMILES string of the molecule is [B]C(N)COS(=O)(=O)[O-]. The molecule has 0 bridgehead atoms. The van der Waals surface area contributed by atoms with Gasteiger partial charge in [-0.2, -0.15) is 0 Å². The Morgan fingerprint density at radius 2 is 2.22 bits per heavy atom. The van der Waals surface area contributed by atoms with Gasteiger partial charge in [0.1, 0.15) is 0 Å². The first-order chi connectivity index (χ1) is 3.92. The highest BCUT2D eigenvalue weighted by Gasteiger charge is 1.96. The number of hydrogen-bond acceptors (Lipinski definition) is 5. The minimum atomic E-state index is -4.63. The van der Waals surface area contributed by atoms with Crippen LogP contribution in [0.2, 0.25) is 0 Å². The summed E-state index contributed by atoms with van der Waals surface area (Å²) in [6, 6.07) is 0. The van der Waals surface area contributed by atoms with Crippen molar-refractivity contribution in [3.63, 3.8) is 0 Å². The molecule has 0 aromatic rings. The van der Waals surface area contributed by atoms with E-state index >= 15 is 0 Å². The molecule has 2 N–H and O–H groups in total. The Balaban J connectivity index is 3.53. The second kappa shape index (κ2) is 3.16. The van der Waals surface area contributed by atoms with Gasteiger partial charge >= 0.3 is 0 Å². The van der Waals surface area contributed by atoms with E-state index in [1.807, 2.05) is 0 Å². The number of nitrogens with two attached hydrogens (primary N) is 1. The molecule has 0 aliphatic rings. The average molecular weight is 150 g/mol. The average Bonchev–Trinajstić information content (AvgIpc) is 1.59. The zero-order chi connectivity index (χ0) is 7.49. The molecule has 0 saturated carbocycles. The number of hydrogen-bond donors (Lipinski definition) is 1. The summed E-state index contributed by atoms with van der Waals surface area (Å²) in [6.07, 6.45) is 0. The summed E-state index contributed by atoms with van der Waals surface area (Å²) >= 11 is 0. The Hall–Kier alpha value is -0.105. The van der Waals surface area contributed by atoms with Crippen LogP contribution in [0, 0.1) is 0 Å². The van der Waals surface area contributed by atoms with Gasteiger partial charge in [0, 0.05) is 0 Å². The van der Waals surface area contributed by atoms with E-state index in [0.717, 1.165) is 0 Å². The van der Waals surface area contributed by atoms with Crippen molar-refractivity contribution >= 4 is 18.2 Å². The maximum atomic E-state index is 9.65. The molecule has 52 valence electrons. The van der Waals surface area contributed by atoms with Gasteiger partial charge in [-0.05, 0) is 5.94 Å². The molecule has 0 aliphatic heterocycles. The fourth-order valence-electron chi connectivity index (χ4n) is 0.162. The molecule has 0 saturated heterocycles. The van der Waals surface area contributed by atoms with E-state index in [9.17, 15) is 13.0 Å². The first-order valence-corrected chi connectivity index (χ1v) is 3.36. The second-order valence-electron chi connectivity index (χ2n) is 1.36. The maximum absolute atomic E-state index is 9.65. The molecule has 0 rings (SSSR count). The van der Waals surface area contributed by atoms with E-state index in [1.54, 1.807) is 0 Å². The minimum Gasteiger partial charge on any atom is -0.726 e. The largest absolute Gasteiger partial charge is 0.726 e. The van der Waals surface area contributed by atoms with Crippen LogP contribution in [0.1, 0.15) is 0 Å². The summed E-state index contributed by atoms with van der Waals surface area (Å²) in [4.78, 5) is 0. The van der Waals surface area contributed by atoms with Crippen molar-refractivity contribution in [1.29, 1.82) is 0 Å². The van der Waals surface area contributed by atoms with Gasteiger partial charge in [-0.3, -0.25) is 4.18 Å². The van der Waals surface area contributed by atoms with Crippen LogP contribution in [-0.4, -0.2) is 33.4 Å². The molecule has 0 fully saturated rings. The van der Waals surface area contributed by atoms with Crippen LogP contribution in [0.15, 0.2) is 0 Å². The molecular weight excluding hydrogens is 145 g/mol. The molecule has 9 heavy (non-hydrogen) atoms. The summed E-state index contributed by atoms with van der Waals surface area (Å²) in [7, 11) is 0.220. The first kappa shape index (κ1) is 8.89. The van der Waals surface area contributed by atoms with Gasteiger partial charge in [0.15, 0.2) is 0 Å². The predicted octanol–water partition coefficient (Wildman–Crippen LogP) is -2.08. The number of rotatable bonds is 3. The highest BCUT2D eigenvalue weighted by molar-refractivity contribution is 7.80. The molecule has 0 amide bonds. The Morgan fingerprint density at radius 3 is 2.33 bits per heavy atom. The standard InChI is InChI=1S/C2H6BNO4S/c3-2(4)1-8-9(5,6)7/h2H,1,4H2,(H,5,6,7)/p-1. The van der Waals surface area contributed by atoms with Crippen LogP contribution in [0.5, 0.6) is 0 Å². The van der Waals surface area contributed by atoms with Crippen LogP contribution in [0.25, 0.3) is 0 Å². The Labute approximate surface area is 54.5 Å². The van der Waals surface area contributed by atoms with Crippen molar-refractivity contribution in [2.24, 2.45) is 5.73 Å². The normalized spacial score (nSPS) is 15.3. The maximum Gasteiger partial charge on any atom is 0.217 e. The zero-order valence-electron chi connectivity index (χ0n) is 4.48. The van der Waals surface area contributed by atoms with Crippen molar-refractivity contribution in [3.8, 4) is 0 Å². The summed E-state index contributed by atoms with van der Waals surface area (Å²) in [5.41, 5.74) is 4.85. The van der Waals surface area contributed by atoms with E-state index in [2.05, 4.69) is 4.18 Å². The third kappa shape index (κ3) is 7.89. The van der Waals surface area contributed by atoms with E-state index in [0.29, 0.717) is 0 Å². The van der Waals surface area contributed by atoms with Gasteiger partial charge in [0.2, 0.25) is 10.4 Å². The van der Waals surface area contributed by atoms with Crippen molar-refractivity contribution in [3.05, 3.63) is 0 Å². The van der Waals surface area contributed by atoms with Crippen molar-refractivity contribution < 1.29 is 17.2 Å². The highest BCUT2D eigenvalue weighted by Crippen LogP contribution is 1.84. The Morgan fingerprint density at radius 1 is 1.78 bits per heavy atom. The smallest absolute Gasteiger partial charge is 0.217 e. The molecule has 0 spiro atoms. The van der Waals surface area contributed by atoms with E-state index < -0.39 is 22.9 Å². The van der Waals surface area contributed by atoms with Crippen LogP contribution >= 0.6 is 0 Å². The van der Waals surface area contributed by atoms with Crippen molar-refractivity contribution in [2.45, 2.75) is 5.94 Å². The summed E-state index contributed by atoms with van der Waals surface area (Å²) in [5, 5.41) is 0. The third-order valence-electron chi connectivity index (χ3n) is 0.405. The molecule has 0 aromatic heterocycles. The molecular formula is C2H5BNO4S-. The van der Waals surface area contributed by atoms with Crippen molar-refractivity contribution in [1.82, 2.24) is 0 Å². The molecule has 2 radical (unpaired) electrons. The topological polar surface area (TPSA) is 92.5 Å². The molecule has 0 aromatic carbocycles. The molecule has 1 atom stereocenters. The van der Waals surface area contributed by atoms with E-state index in [1.165, 1.54) is 0 Å². The van der Waals surface area contributed by atoms with Crippen LogP contribution in [-0.2, 0) is 14.6 Å². The summed E-state index contributed by atoms with van der Waals surface area (Å²) in [6.45, 7) is -0.480. The lowest BCUT2D eigenvalue weighted by atomic mass is 10.00. The molecule has 7 heteroatoms. The molecule has 1 unspecified atom stereocenters. The second-order valence-corrected chi connectivity index (χ2v) is 2.41. The van der Waals surface area contributed by atoms with Gasteiger partial charge in [-0.1, -0.05) is 0 Å². The fourth-order valence-corrected chi connectivity index (χ4v) is 0.486. The minimum absolute atomic E-state index is 0.480. The van der Waals surface area contributed by atoms with Crippen molar-refractivity contribution in [2.75, 3.05) is 6.61 Å². The van der Waals surface area contributed by atoms with E-state index in [4.69, 9.17) is 13.6 Å². The molecule has 0 heterocycles. The fraction of sp³-hybridized carbons (Fsp3) is 1.00. The monoisotopic (exact) mass is 150 g/mol. The predicted molar refractivity (Wildman–Crippen MR) is 29.4 cm³/mol. The van der Waals surface area contributed by atoms with Gasteiger partial charge in [0.05, 0.1) is 14.5 Å². The third-order valence-corrected chi connectivity index (χ3v) is 0.830. The Bertz CT molecular complexity index is 163. The Kier molecular flexibility index (Phi) is 3.13. The highest BCUT2D eigenvalue weighted by atomic mass is 32.3. The van der Waals surface area contributed by atoms with Gasteiger partial charge in [0.25, 0.3) is 0 Å².